The summed E-state index contributed by atoms with van der Waals surface area (Å²) in [6.07, 6.45) is 3.12. The van der Waals surface area contributed by atoms with Gasteiger partial charge in [0.25, 0.3) is 5.56 Å². The van der Waals surface area contributed by atoms with E-state index in [1.165, 1.54) is 0 Å². The molecule has 0 saturated carbocycles. The standard InChI is InChI=1S/C27H33ClN4O3/c1-30(16-17-35-2)26(33)13-15-31-14-5-6-22(31)19-32-27(34)24-8-4-3-7-23(24)25(29-32)18-20-9-11-21(28)12-10-20/h3-4,7-12,22H,5-6,13-19H2,1-2H3/t22-/m1/s1. The van der Waals surface area contributed by atoms with Crippen molar-refractivity contribution in [3.8, 4) is 0 Å². The molecule has 1 aliphatic rings. The molecule has 1 aromatic heterocycles. The molecule has 2 heterocycles. The zero-order chi connectivity index (χ0) is 24.8. The van der Waals surface area contributed by atoms with Crippen molar-refractivity contribution in [3.63, 3.8) is 0 Å². The predicted molar refractivity (Wildman–Crippen MR) is 139 cm³/mol. The molecule has 4 rings (SSSR count). The molecule has 8 heteroatoms. The third kappa shape index (κ3) is 6.28. The van der Waals surface area contributed by atoms with Gasteiger partial charge in [0, 0.05) is 56.5 Å². The van der Waals surface area contributed by atoms with Crippen LogP contribution in [0.3, 0.4) is 0 Å². The first-order valence-electron chi connectivity index (χ1n) is 12.2. The molecule has 0 aliphatic carbocycles. The molecule has 1 atom stereocenters. The number of ether oxygens (including phenoxy) is 1. The highest BCUT2D eigenvalue weighted by Gasteiger charge is 2.27. The van der Waals surface area contributed by atoms with Gasteiger partial charge in [-0.25, -0.2) is 4.68 Å². The molecule has 186 valence electrons. The summed E-state index contributed by atoms with van der Waals surface area (Å²) >= 11 is 6.05. The number of likely N-dealkylation sites (tertiary alicyclic amines) is 1. The van der Waals surface area contributed by atoms with Gasteiger partial charge in [0.2, 0.25) is 5.91 Å². The summed E-state index contributed by atoms with van der Waals surface area (Å²) < 4.78 is 6.70. The quantitative estimate of drug-likeness (QED) is 0.429. The van der Waals surface area contributed by atoms with Crippen LogP contribution in [0, 0.1) is 0 Å². The van der Waals surface area contributed by atoms with Crippen LogP contribution in [0.25, 0.3) is 10.8 Å². The molecule has 1 fully saturated rings. The van der Waals surface area contributed by atoms with Gasteiger partial charge in [-0.15, -0.1) is 0 Å². The number of halogens is 1. The molecule has 0 bridgehead atoms. The van der Waals surface area contributed by atoms with Gasteiger partial charge in [0.05, 0.1) is 24.2 Å². The second-order valence-electron chi connectivity index (χ2n) is 9.17. The fraction of sp³-hybridized carbons (Fsp3) is 0.444. The summed E-state index contributed by atoms with van der Waals surface area (Å²) in [6.45, 7) is 3.25. The third-order valence-electron chi connectivity index (χ3n) is 6.78. The van der Waals surface area contributed by atoms with Gasteiger partial charge in [0.1, 0.15) is 0 Å². The molecular formula is C27H33ClN4O3. The third-order valence-corrected chi connectivity index (χ3v) is 7.03. The van der Waals surface area contributed by atoms with Crippen LogP contribution < -0.4 is 5.56 Å². The van der Waals surface area contributed by atoms with Gasteiger partial charge in [-0.1, -0.05) is 41.9 Å². The van der Waals surface area contributed by atoms with Crippen molar-refractivity contribution < 1.29 is 9.53 Å². The summed E-state index contributed by atoms with van der Waals surface area (Å²) in [7, 11) is 3.44. The van der Waals surface area contributed by atoms with Gasteiger partial charge >= 0.3 is 0 Å². The molecule has 7 nitrogen and oxygen atoms in total. The number of hydrogen-bond acceptors (Lipinski definition) is 5. The molecule has 0 spiro atoms. The van der Waals surface area contributed by atoms with Crippen LogP contribution in [-0.2, 0) is 22.5 Å². The Labute approximate surface area is 211 Å². The molecule has 1 amide bonds. The molecule has 0 N–H and O–H groups in total. The summed E-state index contributed by atoms with van der Waals surface area (Å²) in [5, 5.41) is 7.10. The Morgan fingerprint density at radius 2 is 1.91 bits per heavy atom. The minimum Gasteiger partial charge on any atom is -0.383 e. The Hall–Kier alpha value is -2.74. The highest BCUT2D eigenvalue weighted by molar-refractivity contribution is 6.30. The summed E-state index contributed by atoms with van der Waals surface area (Å²) in [4.78, 5) is 29.8. The van der Waals surface area contributed by atoms with E-state index in [1.54, 1.807) is 16.7 Å². The zero-order valence-electron chi connectivity index (χ0n) is 20.5. The van der Waals surface area contributed by atoms with E-state index in [4.69, 9.17) is 21.4 Å². The number of benzene rings is 2. The van der Waals surface area contributed by atoms with Crippen LogP contribution in [-0.4, -0.2) is 71.9 Å². The topological polar surface area (TPSA) is 67.7 Å². The molecule has 3 aromatic rings. The van der Waals surface area contributed by atoms with Crippen molar-refractivity contribution in [2.45, 2.75) is 38.3 Å². The molecule has 0 unspecified atom stereocenters. The number of methoxy groups -OCH3 is 1. The minimum atomic E-state index is -0.0670. The largest absolute Gasteiger partial charge is 0.383 e. The average Bonchev–Trinajstić information content (AvgIpc) is 3.32. The maximum atomic E-state index is 13.3. The minimum absolute atomic E-state index is 0.0670. The van der Waals surface area contributed by atoms with Crippen molar-refractivity contribution >= 4 is 28.3 Å². The second kappa shape index (κ2) is 11.8. The maximum absolute atomic E-state index is 13.3. The molecule has 0 radical (unpaired) electrons. The van der Waals surface area contributed by atoms with E-state index >= 15 is 0 Å². The summed E-state index contributed by atoms with van der Waals surface area (Å²) in [5.41, 5.74) is 1.90. The Morgan fingerprint density at radius 3 is 2.66 bits per heavy atom. The molecule has 2 aromatic carbocycles. The average molecular weight is 497 g/mol. The SMILES string of the molecule is COCCN(C)C(=O)CCN1CCC[C@@H]1Cn1nc(Cc2ccc(Cl)cc2)c2ccccc2c1=O. The highest BCUT2D eigenvalue weighted by atomic mass is 35.5. The Morgan fingerprint density at radius 1 is 1.17 bits per heavy atom. The van der Waals surface area contributed by atoms with Gasteiger partial charge in [-0.2, -0.15) is 5.10 Å². The van der Waals surface area contributed by atoms with Gasteiger partial charge < -0.3 is 9.64 Å². The van der Waals surface area contributed by atoms with E-state index in [2.05, 4.69) is 4.90 Å². The van der Waals surface area contributed by atoms with Crippen molar-refractivity contribution in [1.82, 2.24) is 19.6 Å². The fourth-order valence-corrected chi connectivity index (χ4v) is 4.86. The normalized spacial score (nSPS) is 16.1. The smallest absolute Gasteiger partial charge is 0.274 e. The molecule has 1 aliphatic heterocycles. The second-order valence-corrected chi connectivity index (χ2v) is 9.61. The number of rotatable bonds is 10. The first-order valence-corrected chi connectivity index (χ1v) is 12.5. The molecular weight excluding hydrogens is 464 g/mol. The van der Waals surface area contributed by atoms with Gasteiger partial charge in [-0.3, -0.25) is 14.5 Å². The number of nitrogens with zero attached hydrogens (tertiary/aromatic N) is 4. The predicted octanol–water partition coefficient (Wildman–Crippen LogP) is 3.60. The van der Waals surface area contributed by atoms with Gasteiger partial charge in [-0.05, 0) is 43.1 Å². The zero-order valence-corrected chi connectivity index (χ0v) is 21.2. The lowest BCUT2D eigenvalue weighted by Gasteiger charge is -2.26. The summed E-state index contributed by atoms with van der Waals surface area (Å²) in [5.74, 6) is 0.110. The van der Waals surface area contributed by atoms with E-state index in [-0.39, 0.29) is 17.5 Å². The number of likely N-dealkylation sites (N-methyl/N-ethyl adjacent to an activating group) is 1. The van der Waals surface area contributed by atoms with Crippen molar-refractivity contribution in [3.05, 3.63) is 75.2 Å². The fourth-order valence-electron chi connectivity index (χ4n) is 4.73. The van der Waals surface area contributed by atoms with E-state index in [0.29, 0.717) is 49.5 Å². The van der Waals surface area contributed by atoms with Crippen LogP contribution in [0.4, 0.5) is 0 Å². The van der Waals surface area contributed by atoms with Crippen LogP contribution in [0.5, 0.6) is 0 Å². The van der Waals surface area contributed by atoms with E-state index in [0.717, 1.165) is 36.0 Å². The van der Waals surface area contributed by atoms with E-state index in [9.17, 15) is 9.59 Å². The monoisotopic (exact) mass is 496 g/mol. The van der Waals surface area contributed by atoms with Crippen LogP contribution >= 0.6 is 11.6 Å². The number of fused-ring (bicyclic) bond motifs is 1. The van der Waals surface area contributed by atoms with E-state index < -0.39 is 0 Å². The number of amides is 1. The van der Waals surface area contributed by atoms with E-state index in [1.807, 2.05) is 55.6 Å². The van der Waals surface area contributed by atoms with Crippen molar-refractivity contribution in [1.29, 1.82) is 0 Å². The Balaban J connectivity index is 1.52. The van der Waals surface area contributed by atoms with Crippen LogP contribution in [0.1, 0.15) is 30.5 Å². The Bertz CT molecular complexity index is 1210. The number of carbonyl (C=O) groups is 1. The van der Waals surface area contributed by atoms with Crippen LogP contribution in [0.2, 0.25) is 5.02 Å². The van der Waals surface area contributed by atoms with Crippen LogP contribution in [0.15, 0.2) is 53.3 Å². The first kappa shape index (κ1) is 25.4. The highest BCUT2D eigenvalue weighted by Crippen LogP contribution is 2.21. The number of hydrogen-bond donors (Lipinski definition) is 0. The summed E-state index contributed by atoms with van der Waals surface area (Å²) in [6, 6.07) is 15.6. The first-order chi connectivity index (χ1) is 17.0. The molecule has 1 saturated heterocycles. The lowest BCUT2D eigenvalue weighted by molar-refractivity contribution is -0.130. The lowest BCUT2D eigenvalue weighted by atomic mass is 10.0. The molecule has 35 heavy (non-hydrogen) atoms. The number of carbonyl (C=O) groups excluding carboxylic acids is 1. The van der Waals surface area contributed by atoms with Crippen molar-refractivity contribution in [2.24, 2.45) is 0 Å². The van der Waals surface area contributed by atoms with Crippen molar-refractivity contribution in [2.75, 3.05) is 40.4 Å². The lowest BCUT2D eigenvalue weighted by Crippen LogP contribution is -2.40. The Kier molecular flexibility index (Phi) is 8.55. The number of aromatic nitrogens is 2. The van der Waals surface area contributed by atoms with Gasteiger partial charge in [0.15, 0.2) is 0 Å². The maximum Gasteiger partial charge on any atom is 0.274 e.